The molecule has 0 bridgehead atoms. The van der Waals surface area contributed by atoms with Gasteiger partial charge in [0, 0.05) is 17.7 Å². The highest BCUT2D eigenvalue weighted by molar-refractivity contribution is 7.99. The van der Waals surface area contributed by atoms with E-state index in [1.165, 1.54) is 11.8 Å². The van der Waals surface area contributed by atoms with Crippen LogP contribution in [-0.2, 0) is 11.3 Å². The van der Waals surface area contributed by atoms with Crippen molar-refractivity contribution in [3.8, 4) is 22.5 Å². The Bertz CT molecular complexity index is 1010. The number of carbonyl (C=O) groups is 1. The lowest BCUT2D eigenvalue weighted by Crippen LogP contribution is -2.24. The van der Waals surface area contributed by atoms with Gasteiger partial charge in [0.15, 0.2) is 5.16 Å². The third-order valence-electron chi connectivity index (χ3n) is 4.46. The van der Waals surface area contributed by atoms with Crippen molar-refractivity contribution in [2.45, 2.75) is 11.7 Å². The predicted octanol–water partition coefficient (Wildman–Crippen LogP) is 5.15. The molecule has 1 aromatic heterocycles. The van der Waals surface area contributed by atoms with E-state index in [9.17, 15) is 4.79 Å². The molecule has 0 atom stereocenters. The first-order valence-electron chi connectivity index (χ1n) is 9.44. The van der Waals surface area contributed by atoms with E-state index in [1.54, 1.807) is 0 Å². The van der Waals surface area contributed by atoms with Gasteiger partial charge >= 0.3 is 0 Å². The van der Waals surface area contributed by atoms with Crippen molar-refractivity contribution in [3.63, 3.8) is 0 Å². The lowest BCUT2D eigenvalue weighted by Gasteiger charge is -2.04. The van der Waals surface area contributed by atoms with Gasteiger partial charge in [-0.2, -0.15) is 0 Å². The number of aromatic amines is 1. The van der Waals surface area contributed by atoms with E-state index >= 15 is 0 Å². The van der Waals surface area contributed by atoms with Gasteiger partial charge in [-0.05, 0) is 5.56 Å². The smallest absolute Gasteiger partial charge is 0.230 e. The molecule has 4 rings (SSSR count). The Morgan fingerprint density at radius 2 is 1.41 bits per heavy atom. The zero-order chi connectivity index (χ0) is 19.9. The number of hydrogen-bond donors (Lipinski definition) is 2. The second-order valence-corrected chi connectivity index (χ2v) is 7.51. The molecule has 0 aliphatic carbocycles. The van der Waals surface area contributed by atoms with Crippen LogP contribution < -0.4 is 5.32 Å². The van der Waals surface area contributed by atoms with Gasteiger partial charge in [0.1, 0.15) is 0 Å². The van der Waals surface area contributed by atoms with E-state index in [2.05, 4.69) is 22.4 Å². The molecule has 0 radical (unpaired) electrons. The summed E-state index contributed by atoms with van der Waals surface area (Å²) in [6.07, 6.45) is 0. The Hall–Kier alpha value is -3.31. The minimum atomic E-state index is -0.0159. The van der Waals surface area contributed by atoms with Crippen LogP contribution in [0.1, 0.15) is 5.56 Å². The fraction of sp³-hybridized carbons (Fsp3) is 0.0833. The number of carbonyl (C=O) groups excluding carboxylic acids is 1. The van der Waals surface area contributed by atoms with Gasteiger partial charge in [-0.1, -0.05) is 103 Å². The third-order valence-corrected chi connectivity index (χ3v) is 5.34. The number of H-pyrrole nitrogens is 1. The average molecular weight is 400 g/mol. The van der Waals surface area contributed by atoms with Crippen LogP contribution in [-0.4, -0.2) is 21.6 Å². The summed E-state index contributed by atoms with van der Waals surface area (Å²) in [7, 11) is 0. The van der Waals surface area contributed by atoms with Gasteiger partial charge in [-0.15, -0.1) is 0 Å². The predicted molar refractivity (Wildman–Crippen MR) is 118 cm³/mol. The summed E-state index contributed by atoms with van der Waals surface area (Å²) >= 11 is 1.41. The molecule has 0 unspecified atom stereocenters. The first kappa shape index (κ1) is 19.0. The summed E-state index contributed by atoms with van der Waals surface area (Å²) in [5.41, 5.74) is 5.05. The number of amides is 1. The highest BCUT2D eigenvalue weighted by Gasteiger charge is 2.15. The number of benzene rings is 3. The largest absolute Gasteiger partial charge is 0.351 e. The molecule has 29 heavy (non-hydrogen) atoms. The lowest BCUT2D eigenvalue weighted by atomic mass is 10.1. The minimum Gasteiger partial charge on any atom is -0.351 e. The monoisotopic (exact) mass is 399 g/mol. The Kier molecular flexibility index (Phi) is 6.07. The van der Waals surface area contributed by atoms with Gasteiger partial charge in [0.25, 0.3) is 0 Å². The van der Waals surface area contributed by atoms with E-state index in [-0.39, 0.29) is 5.91 Å². The molecule has 0 aliphatic rings. The molecule has 1 heterocycles. The van der Waals surface area contributed by atoms with Crippen LogP contribution >= 0.6 is 11.8 Å². The Labute approximate surface area is 174 Å². The maximum absolute atomic E-state index is 12.2. The van der Waals surface area contributed by atoms with E-state index in [1.807, 2.05) is 78.9 Å². The Morgan fingerprint density at radius 3 is 2.07 bits per heavy atom. The van der Waals surface area contributed by atoms with E-state index in [4.69, 9.17) is 4.98 Å². The summed E-state index contributed by atoms with van der Waals surface area (Å²) < 4.78 is 0. The minimum absolute atomic E-state index is 0.0159. The normalized spacial score (nSPS) is 10.6. The van der Waals surface area contributed by atoms with Crippen molar-refractivity contribution < 1.29 is 4.79 Å². The molecule has 4 aromatic rings. The van der Waals surface area contributed by atoms with Crippen LogP contribution in [0.4, 0.5) is 0 Å². The van der Waals surface area contributed by atoms with E-state index in [0.717, 1.165) is 33.2 Å². The van der Waals surface area contributed by atoms with Crippen LogP contribution in [0.25, 0.3) is 22.5 Å². The highest BCUT2D eigenvalue weighted by Crippen LogP contribution is 2.32. The van der Waals surface area contributed by atoms with Crippen molar-refractivity contribution in [3.05, 3.63) is 96.6 Å². The number of nitrogens with zero attached hydrogens (tertiary/aromatic N) is 1. The Morgan fingerprint density at radius 1 is 0.828 bits per heavy atom. The molecule has 0 spiro atoms. The highest BCUT2D eigenvalue weighted by atomic mass is 32.2. The zero-order valence-electron chi connectivity index (χ0n) is 15.8. The summed E-state index contributed by atoms with van der Waals surface area (Å²) in [5.74, 6) is 0.292. The third kappa shape index (κ3) is 4.95. The summed E-state index contributed by atoms with van der Waals surface area (Å²) in [6, 6.07) is 30.1. The number of aromatic nitrogens is 2. The second kappa shape index (κ2) is 9.26. The number of nitrogens with one attached hydrogen (secondary N) is 2. The molecule has 3 aromatic carbocycles. The lowest BCUT2D eigenvalue weighted by molar-refractivity contribution is -0.118. The summed E-state index contributed by atoms with van der Waals surface area (Å²) in [6.45, 7) is 0.531. The van der Waals surface area contributed by atoms with E-state index < -0.39 is 0 Å². The van der Waals surface area contributed by atoms with Crippen molar-refractivity contribution in [1.82, 2.24) is 15.3 Å². The molecule has 144 valence electrons. The van der Waals surface area contributed by atoms with Crippen molar-refractivity contribution >= 4 is 17.7 Å². The maximum Gasteiger partial charge on any atom is 0.230 e. The quantitative estimate of drug-likeness (QED) is 0.423. The molecular weight excluding hydrogens is 378 g/mol. The van der Waals surface area contributed by atoms with Crippen molar-refractivity contribution in [2.75, 3.05) is 5.75 Å². The first-order valence-corrected chi connectivity index (χ1v) is 10.4. The van der Waals surface area contributed by atoms with Gasteiger partial charge in [-0.3, -0.25) is 4.79 Å². The standard InChI is InChI=1S/C24H21N3OS/c28-21(25-16-18-10-4-1-5-11-18)17-29-24-26-22(19-12-6-2-7-13-19)23(27-24)20-14-8-3-9-15-20/h1-15H,16-17H2,(H,25,28)(H,26,27). The summed E-state index contributed by atoms with van der Waals surface area (Å²) in [4.78, 5) is 20.4. The van der Waals surface area contributed by atoms with Crippen molar-refractivity contribution in [1.29, 1.82) is 0 Å². The molecule has 0 saturated carbocycles. The van der Waals surface area contributed by atoms with Crippen LogP contribution in [0, 0.1) is 0 Å². The fourth-order valence-electron chi connectivity index (χ4n) is 3.02. The number of rotatable bonds is 7. The molecule has 2 N–H and O–H groups in total. The first-order chi connectivity index (χ1) is 14.3. The topological polar surface area (TPSA) is 57.8 Å². The van der Waals surface area contributed by atoms with E-state index in [0.29, 0.717) is 12.3 Å². The summed E-state index contributed by atoms with van der Waals surface area (Å²) in [5, 5.41) is 3.69. The van der Waals surface area contributed by atoms with Gasteiger partial charge in [0.05, 0.1) is 17.1 Å². The van der Waals surface area contributed by atoms with Crippen LogP contribution in [0.3, 0.4) is 0 Å². The second-order valence-electron chi connectivity index (χ2n) is 6.55. The molecule has 0 saturated heterocycles. The van der Waals surface area contributed by atoms with Crippen LogP contribution in [0.5, 0.6) is 0 Å². The molecular formula is C24H21N3OS. The van der Waals surface area contributed by atoms with Gasteiger partial charge in [-0.25, -0.2) is 4.98 Å². The molecule has 1 amide bonds. The van der Waals surface area contributed by atoms with Gasteiger partial charge < -0.3 is 10.3 Å². The zero-order valence-corrected chi connectivity index (χ0v) is 16.7. The number of imidazole rings is 1. The number of hydrogen-bond acceptors (Lipinski definition) is 3. The molecule has 0 aliphatic heterocycles. The Balaban J connectivity index is 1.48. The molecule has 5 heteroatoms. The van der Waals surface area contributed by atoms with Gasteiger partial charge in [0.2, 0.25) is 5.91 Å². The average Bonchev–Trinajstić information content (AvgIpc) is 3.23. The van der Waals surface area contributed by atoms with Crippen LogP contribution in [0.15, 0.2) is 96.2 Å². The van der Waals surface area contributed by atoms with Crippen molar-refractivity contribution in [2.24, 2.45) is 0 Å². The maximum atomic E-state index is 12.2. The van der Waals surface area contributed by atoms with Crippen LogP contribution in [0.2, 0.25) is 0 Å². The molecule has 0 fully saturated rings. The number of thioether (sulfide) groups is 1. The molecule has 4 nitrogen and oxygen atoms in total. The fourth-order valence-corrected chi connectivity index (χ4v) is 3.72. The SMILES string of the molecule is O=C(CSc1nc(-c2ccccc2)c(-c2ccccc2)[nH]1)NCc1ccccc1.